The van der Waals surface area contributed by atoms with Gasteiger partial charge in [-0.3, -0.25) is 4.79 Å². The van der Waals surface area contributed by atoms with E-state index in [0.717, 1.165) is 37.7 Å². The number of nitrogens with zero attached hydrogens (tertiary/aromatic N) is 1. The molecule has 22 heavy (non-hydrogen) atoms. The number of carbonyl (C=O) groups is 1. The van der Waals surface area contributed by atoms with Crippen LogP contribution in [0.4, 0.5) is 0 Å². The Bertz CT molecular complexity index is 524. The second-order valence-corrected chi connectivity index (χ2v) is 6.87. The van der Waals surface area contributed by atoms with E-state index in [2.05, 4.69) is 0 Å². The van der Waals surface area contributed by atoms with Crippen molar-refractivity contribution in [2.24, 2.45) is 0 Å². The minimum Gasteiger partial charge on any atom is -0.393 e. The highest BCUT2D eigenvalue weighted by molar-refractivity contribution is 5.88. The summed E-state index contributed by atoms with van der Waals surface area (Å²) in [7, 11) is 0. The lowest BCUT2D eigenvalue weighted by Crippen LogP contribution is -2.56. The SMILES string of the molecule is O=C(N1CCC[C@@](O)(CO)C1)C1(c2ccccc2)CCCC1. The van der Waals surface area contributed by atoms with Crippen LogP contribution in [0.15, 0.2) is 30.3 Å². The van der Waals surface area contributed by atoms with E-state index >= 15 is 0 Å². The fourth-order valence-corrected chi connectivity index (χ4v) is 4.08. The van der Waals surface area contributed by atoms with Gasteiger partial charge in [-0.2, -0.15) is 0 Å². The molecule has 1 amide bonds. The van der Waals surface area contributed by atoms with Crippen LogP contribution >= 0.6 is 0 Å². The van der Waals surface area contributed by atoms with Crippen molar-refractivity contribution in [1.29, 1.82) is 0 Å². The van der Waals surface area contributed by atoms with Crippen molar-refractivity contribution in [3.8, 4) is 0 Å². The highest BCUT2D eigenvalue weighted by Gasteiger charge is 2.47. The van der Waals surface area contributed by atoms with Gasteiger partial charge in [0.2, 0.25) is 5.91 Å². The van der Waals surface area contributed by atoms with Crippen LogP contribution in [0.2, 0.25) is 0 Å². The monoisotopic (exact) mass is 303 g/mol. The first-order valence-electron chi connectivity index (χ1n) is 8.28. The van der Waals surface area contributed by atoms with Gasteiger partial charge < -0.3 is 15.1 Å². The maximum Gasteiger partial charge on any atom is 0.233 e. The zero-order valence-electron chi connectivity index (χ0n) is 13.0. The molecule has 1 aromatic carbocycles. The maximum absolute atomic E-state index is 13.3. The Kier molecular flexibility index (Phi) is 4.24. The number of carbonyl (C=O) groups excluding carboxylic acids is 1. The lowest BCUT2D eigenvalue weighted by Gasteiger charge is -2.42. The second kappa shape index (κ2) is 6.01. The topological polar surface area (TPSA) is 60.8 Å². The zero-order chi connectivity index (χ0) is 15.6. The average molecular weight is 303 g/mol. The van der Waals surface area contributed by atoms with Crippen LogP contribution in [0.1, 0.15) is 44.1 Å². The number of β-amino-alcohol motifs (C(OH)–C–C–N with tert-alkyl or cyclic N) is 1. The number of benzene rings is 1. The van der Waals surface area contributed by atoms with E-state index in [4.69, 9.17) is 0 Å². The molecule has 4 heteroatoms. The molecular formula is C18H25NO3. The van der Waals surface area contributed by atoms with Gasteiger partial charge in [-0.15, -0.1) is 0 Å². The quantitative estimate of drug-likeness (QED) is 0.896. The number of aliphatic hydroxyl groups excluding tert-OH is 1. The molecule has 1 atom stereocenters. The summed E-state index contributed by atoms with van der Waals surface area (Å²) in [6.07, 6.45) is 5.20. The van der Waals surface area contributed by atoms with E-state index < -0.39 is 11.0 Å². The van der Waals surface area contributed by atoms with Crippen LogP contribution in [-0.2, 0) is 10.2 Å². The summed E-state index contributed by atoms with van der Waals surface area (Å²) in [5, 5.41) is 19.8. The Balaban J connectivity index is 1.88. The highest BCUT2D eigenvalue weighted by Crippen LogP contribution is 2.43. The van der Waals surface area contributed by atoms with Crippen LogP contribution in [0.5, 0.6) is 0 Å². The summed E-state index contributed by atoms with van der Waals surface area (Å²) < 4.78 is 0. The molecule has 2 N–H and O–H groups in total. The molecule has 2 aliphatic rings. The van der Waals surface area contributed by atoms with Crippen LogP contribution in [-0.4, -0.2) is 46.3 Å². The number of amides is 1. The second-order valence-electron chi connectivity index (χ2n) is 6.87. The van der Waals surface area contributed by atoms with Gasteiger partial charge in [-0.25, -0.2) is 0 Å². The van der Waals surface area contributed by atoms with Crippen LogP contribution in [0.25, 0.3) is 0 Å². The van der Waals surface area contributed by atoms with Crippen molar-refractivity contribution in [2.45, 2.75) is 49.5 Å². The molecule has 2 fully saturated rings. The Morgan fingerprint density at radius 3 is 2.41 bits per heavy atom. The van der Waals surface area contributed by atoms with E-state index in [1.54, 1.807) is 4.90 Å². The zero-order valence-corrected chi connectivity index (χ0v) is 13.0. The molecule has 1 saturated heterocycles. The standard InChI is InChI=1S/C18H25NO3/c20-14-17(22)9-6-12-19(13-17)16(21)18(10-4-5-11-18)15-7-2-1-3-8-15/h1-3,7-8,20,22H,4-6,9-14H2/t17-/m0/s1. The van der Waals surface area contributed by atoms with Gasteiger partial charge in [0.25, 0.3) is 0 Å². The summed E-state index contributed by atoms with van der Waals surface area (Å²) in [6, 6.07) is 10.0. The number of aliphatic hydroxyl groups is 2. The molecule has 1 aliphatic heterocycles. The Morgan fingerprint density at radius 1 is 1.09 bits per heavy atom. The first-order chi connectivity index (χ1) is 10.6. The van der Waals surface area contributed by atoms with Crippen LogP contribution in [0.3, 0.4) is 0 Å². The molecule has 0 aromatic heterocycles. The number of likely N-dealkylation sites (tertiary alicyclic amines) is 1. The fourth-order valence-electron chi connectivity index (χ4n) is 4.08. The fraction of sp³-hybridized carbons (Fsp3) is 0.611. The smallest absolute Gasteiger partial charge is 0.233 e. The van der Waals surface area contributed by atoms with Crippen molar-refractivity contribution >= 4 is 5.91 Å². The summed E-state index contributed by atoms with van der Waals surface area (Å²) in [5.41, 5.74) is -0.477. The van der Waals surface area contributed by atoms with Gasteiger partial charge in [0.15, 0.2) is 0 Å². The molecule has 0 radical (unpaired) electrons. The van der Waals surface area contributed by atoms with E-state index in [0.29, 0.717) is 13.0 Å². The third-order valence-corrected chi connectivity index (χ3v) is 5.33. The molecule has 1 aliphatic carbocycles. The van der Waals surface area contributed by atoms with Gasteiger partial charge in [0, 0.05) is 6.54 Å². The predicted molar refractivity (Wildman–Crippen MR) is 84.4 cm³/mol. The van der Waals surface area contributed by atoms with Gasteiger partial charge in [-0.1, -0.05) is 43.2 Å². The van der Waals surface area contributed by atoms with Gasteiger partial charge in [0.1, 0.15) is 5.60 Å². The molecule has 1 saturated carbocycles. The average Bonchev–Trinajstić information content (AvgIpc) is 3.06. The predicted octanol–water partition coefficient (Wildman–Crippen LogP) is 1.84. The molecule has 0 spiro atoms. The van der Waals surface area contributed by atoms with Gasteiger partial charge >= 0.3 is 0 Å². The normalized spacial score (nSPS) is 27.8. The highest BCUT2D eigenvalue weighted by atomic mass is 16.3. The lowest BCUT2D eigenvalue weighted by molar-refractivity contribution is -0.146. The Labute approximate surface area is 131 Å². The molecule has 1 heterocycles. The minimum absolute atomic E-state index is 0.128. The number of hydrogen-bond acceptors (Lipinski definition) is 3. The van der Waals surface area contributed by atoms with Crippen molar-refractivity contribution in [3.63, 3.8) is 0 Å². The lowest BCUT2D eigenvalue weighted by atomic mass is 9.76. The summed E-state index contributed by atoms with van der Waals surface area (Å²) in [5.74, 6) is 0.128. The third-order valence-electron chi connectivity index (χ3n) is 5.33. The van der Waals surface area contributed by atoms with E-state index in [1.807, 2.05) is 30.3 Å². The summed E-state index contributed by atoms with van der Waals surface area (Å²) in [6.45, 7) is 0.641. The van der Waals surface area contributed by atoms with Gasteiger partial charge in [-0.05, 0) is 31.2 Å². The molecular weight excluding hydrogens is 278 g/mol. The third kappa shape index (κ3) is 2.66. The first-order valence-corrected chi connectivity index (χ1v) is 8.28. The molecule has 3 rings (SSSR count). The van der Waals surface area contributed by atoms with E-state index in [1.165, 1.54) is 0 Å². The van der Waals surface area contributed by atoms with E-state index in [9.17, 15) is 15.0 Å². The molecule has 0 unspecified atom stereocenters. The first kappa shape index (κ1) is 15.5. The van der Waals surface area contributed by atoms with Crippen LogP contribution in [0, 0.1) is 0 Å². The number of piperidine rings is 1. The largest absolute Gasteiger partial charge is 0.393 e. The minimum atomic E-state index is -1.13. The Hall–Kier alpha value is -1.39. The molecule has 1 aromatic rings. The van der Waals surface area contributed by atoms with Gasteiger partial charge in [0.05, 0.1) is 18.6 Å². The molecule has 0 bridgehead atoms. The maximum atomic E-state index is 13.3. The van der Waals surface area contributed by atoms with Crippen molar-refractivity contribution in [3.05, 3.63) is 35.9 Å². The molecule has 120 valence electrons. The Morgan fingerprint density at radius 2 is 1.77 bits per heavy atom. The van der Waals surface area contributed by atoms with Crippen molar-refractivity contribution < 1.29 is 15.0 Å². The van der Waals surface area contributed by atoms with Crippen LogP contribution < -0.4 is 0 Å². The van der Waals surface area contributed by atoms with E-state index in [-0.39, 0.29) is 19.1 Å². The van der Waals surface area contributed by atoms with Crippen molar-refractivity contribution in [2.75, 3.05) is 19.7 Å². The van der Waals surface area contributed by atoms with Crippen molar-refractivity contribution in [1.82, 2.24) is 4.90 Å². The summed E-state index contributed by atoms with van der Waals surface area (Å²) in [4.78, 5) is 15.0. The summed E-state index contributed by atoms with van der Waals surface area (Å²) >= 11 is 0. The number of rotatable bonds is 3. The molecule has 4 nitrogen and oxygen atoms in total. The number of hydrogen-bond donors (Lipinski definition) is 2.